The Balaban J connectivity index is 1.62. The Kier molecular flexibility index (Phi) is 4.88. The van der Waals surface area contributed by atoms with Crippen molar-refractivity contribution in [2.75, 3.05) is 24.6 Å². The SMILES string of the molecule is CC1CN(C(=O)c2ccc(OC3CCSC3)nc2)CC(C)O1. The van der Waals surface area contributed by atoms with Crippen LogP contribution in [0.4, 0.5) is 0 Å². The van der Waals surface area contributed by atoms with Gasteiger partial charge < -0.3 is 14.4 Å². The Hall–Kier alpha value is -1.27. The molecular formula is C16H22N2O3S. The largest absolute Gasteiger partial charge is 0.473 e. The molecule has 2 fully saturated rings. The fourth-order valence-corrected chi connectivity index (χ4v) is 3.97. The van der Waals surface area contributed by atoms with E-state index in [4.69, 9.17) is 9.47 Å². The monoisotopic (exact) mass is 322 g/mol. The third-order valence-corrected chi connectivity index (χ3v) is 5.00. The van der Waals surface area contributed by atoms with Crippen molar-refractivity contribution in [3.05, 3.63) is 23.9 Å². The molecule has 0 bridgehead atoms. The minimum Gasteiger partial charge on any atom is -0.473 e. The number of thioether (sulfide) groups is 1. The molecule has 1 aromatic rings. The summed E-state index contributed by atoms with van der Waals surface area (Å²) in [5.74, 6) is 2.78. The highest BCUT2D eigenvalue weighted by atomic mass is 32.2. The summed E-state index contributed by atoms with van der Waals surface area (Å²) in [5, 5.41) is 0. The van der Waals surface area contributed by atoms with E-state index in [1.807, 2.05) is 30.5 Å². The molecule has 0 spiro atoms. The van der Waals surface area contributed by atoms with E-state index >= 15 is 0 Å². The Morgan fingerprint density at radius 3 is 2.73 bits per heavy atom. The number of carbonyl (C=O) groups excluding carboxylic acids is 1. The summed E-state index contributed by atoms with van der Waals surface area (Å²) in [4.78, 5) is 18.7. The lowest BCUT2D eigenvalue weighted by Crippen LogP contribution is -2.48. The third kappa shape index (κ3) is 3.73. The number of rotatable bonds is 3. The molecule has 1 amide bonds. The highest BCUT2D eigenvalue weighted by molar-refractivity contribution is 7.99. The Labute approximate surface area is 135 Å². The number of aromatic nitrogens is 1. The molecule has 2 aliphatic heterocycles. The van der Waals surface area contributed by atoms with Gasteiger partial charge in [0.05, 0.1) is 17.8 Å². The zero-order chi connectivity index (χ0) is 15.5. The zero-order valence-corrected chi connectivity index (χ0v) is 13.8. The molecule has 2 aliphatic rings. The van der Waals surface area contributed by atoms with Gasteiger partial charge in [-0.05, 0) is 32.1 Å². The maximum atomic E-state index is 12.5. The van der Waals surface area contributed by atoms with Crippen LogP contribution in [0, 0.1) is 0 Å². The summed E-state index contributed by atoms with van der Waals surface area (Å²) in [6.07, 6.45) is 3.08. The maximum absolute atomic E-state index is 12.5. The molecule has 22 heavy (non-hydrogen) atoms. The van der Waals surface area contributed by atoms with Gasteiger partial charge in [-0.3, -0.25) is 4.79 Å². The number of amides is 1. The number of nitrogens with zero attached hydrogens (tertiary/aromatic N) is 2. The molecule has 3 rings (SSSR count). The number of hydrogen-bond donors (Lipinski definition) is 0. The van der Waals surface area contributed by atoms with Gasteiger partial charge in [0.1, 0.15) is 6.10 Å². The summed E-state index contributed by atoms with van der Waals surface area (Å²) in [5.41, 5.74) is 0.606. The van der Waals surface area contributed by atoms with Crippen LogP contribution >= 0.6 is 11.8 Å². The van der Waals surface area contributed by atoms with Crippen molar-refractivity contribution in [1.82, 2.24) is 9.88 Å². The van der Waals surface area contributed by atoms with Crippen LogP contribution in [-0.4, -0.2) is 58.7 Å². The van der Waals surface area contributed by atoms with Gasteiger partial charge >= 0.3 is 0 Å². The molecule has 2 saturated heterocycles. The van der Waals surface area contributed by atoms with Gasteiger partial charge in [-0.2, -0.15) is 11.8 Å². The average molecular weight is 322 g/mol. The van der Waals surface area contributed by atoms with Crippen molar-refractivity contribution in [3.8, 4) is 5.88 Å². The average Bonchev–Trinajstić information content (AvgIpc) is 2.99. The van der Waals surface area contributed by atoms with Gasteiger partial charge in [0, 0.05) is 31.1 Å². The van der Waals surface area contributed by atoms with E-state index in [0.717, 1.165) is 17.9 Å². The van der Waals surface area contributed by atoms with E-state index in [0.29, 0.717) is 24.5 Å². The summed E-state index contributed by atoms with van der Waals surface area (Å²) in [6.45, 7) is 5.23. The van der Waals surface area contributed by atoms with E-state index < -0.39 is 0 Å². The first kappa shape index (κ1) is 15.6. The van der Waals surface area contributed by atoms with Crippen molar-refractivity contribution >= 4 is 17.7 Å². The van der Waals surface area contributed by atoms with E-state index in [9.17, 15) is 4.79 Å². The second kappa shape index (κ2) is 6.87. The Morgan fingerprint density at radius 2 is 2.14 bits per heavy atom. The lowest BCUT2D eigenvalue weighted by Gasteiger charge is -2.35. The van der Waals surface area contributed by atoms with Crippen LogP contribution in [0.3, 0.4) is 0 Å². The predicted molar refractivity (Wildman–Crippen MR) is 86.5 cm³/mol. The Bertz CT molecular complexity index is 507. The smallest absolute Gasteiger partial charge is 0.255 e. The van der Waals surface area contributed by atoms with Crippen molar-refractivity contribution < 1.29 is 14.3 Å². The summed E-state index contributed by atoms with van der Waals surface area (Å²) < 4.78 is 11.5. The lowest BCUT2D eigenvalue weighted by molar-refractivity contribution is -0.0586. The van der Waals surface area contributed by atoms with Crippen molar-refractivity contribution in [2.24, 2.45) is 0 Å². The second-order valence-electron chi connectivity index (χ2n) is 5.96. The van der Waals surface area contributed by atoms with Crippen LogP contribution in [0.2, 0.25) is 0 Å². The molecule has 0 aliphatic carbocycles. The van der Waals surface area contributed by atoms with Crippen molar-refractivity contribution in [3.63, 3.8) is 0 Å². The van der Waals surface area contributed by atoms with Crippen molar-refractivity contribution in [2.45, 2.75) is 38.6 Å². The van der Waals surface area contributed by atoms with E-state index in [2.05, 4.69) is 4.98 Å². The maximum Gasteiger partial charge on any atom is 0.255 e. The van der Waals surface area contributed by atoms with Gasteiger partial charge in [-0.15, -0.1) is 0 Å². The van der Waals surface area contributed by atoms with Gasteiger partial charge in [0.15, 0.2) is 0 Å². The van der Waals surface area contributed by atoms with Gasteiger partial charge in [0.2, 0.25) is 5.88 Å². The molecule has 1 aromatic heterocycles. The van der Waals surface area contributed by atoms with E-state index in [1.165, 1.54) is 0 Å². The second-order valence-corrected chi connectivity index (χ2v) is 7.11. The molecule has 0 aromatic carbocycles. The fourth-order valence-electron chi connectivity index (χ4n) is 2.88. The first-order chi connectivity index (χ1) is 10.6. The molecule has 3 atom stereocenters. The molecule has 0 saturated carbocycles. The normalized spacial score (nSPS) is 28.6. The molecule has 5 nitrogen and oxygen atoms in total. The number of pyridine rings is 1. The highest BCUT2D eigenvalue weighted by Gasteiger charge is 2.27. The molecule has 6 heteroatoms. The molecule has 0 N–H and O–H groups in total. The van der Waals surface area contributed by atoms with Crippen LogP contribution in [-0.2, 0) is 4.74 Å². The summed E-state index contributed by atoms with van der Waals surface area (Å²) in [6, 6.07) is 3.60. The number of hydrogen-bond acceptors (Lipinski definition) is 5. The lowest BCUT2D eigenvalue weighted by atomic mass is 10.2. The minimum atomic E-state index is 0.0115. The van der Waals surface area contributed by atoms with Crippen LogP contribution in [0.5, 0.6) is 5.88 Å². The van der Waals surface area contributed by atoms with Crippen LogP contribution in [0.1, 0.15) is 30.6 Å². The first-order valence-electron chi connectivity index (χ1n) is 7.77. The minimum absolute atomic E-state index is 0.0115. The van der Waals surface area contributed by atoms with Gasteiger partial charge in [0.25, 0.3) is 5.91 Å². The van der Waals surface area contributed by atoms with E-state index in [1.54, 1.807) is 18.3 Å². The first-order valence-corrected chi connectivity index (χ1v) is 8.92. The topological polar surface area (TPSA) is 51.7 Å². The number of ether oxygens (including phenoxy) is 2. The Morgan fingerprint density at radius 1 is 1.36 bits per heavy atom. The highest BCUT2D eigenvalue weighted by Crippen LogP contribution is 2.22. The van der Waals surface area contributed by atoms with Crippen LogP contribution in [0.25, 0.3) is 0 Å². The standard InChI is InChI=1S/C16H22N2O3S/c1-11-8-18(9-12(2)20-11)16(19)13-3-4-15(17-7-13)21-14-5-6-22-10-14/h3-4,7,11-12,14H,5-6,8-10H2,1-2H3. The van der Waals surface area contributed by atoms with Gasteiger partial charge in [-0.25, -0.2) is 4.98 Å². The summed E-state index contributed by atoms with van der Waals surface area (Å²) >= 11 is 1.90. The van der Waals surface area contributed by atoms with E-state index in [-0.39, 0.29) is 24.2 Å². The molecule has 120 valence electrons. The zero-order valence-electron chi connectivity index (χ0n) is 13.0. The van der Waals surface area contributed by atoms with Crippen LogP contribution < -0.4 is 4.74 Å². The molecular weight excluding hydrogens is 300 g/mol. The fraction of sp³-hybridized carbons (Fsp3) is 0.625. The number of carbonyl (C=O) groups is 1. The van der Waals surface area contributed by atoms with Crippen molar-refractivity contribution in [1.29, 1.82) is 0 Å². The molecule has 3 unspecified atom stereocenters. The predicted octanol–water partition coefficient (Wildman–Crippen LogP) is 2.22. The quantitative estimate of drug-likeness (QED) is 0.854. The van der Waals surface area contributed by atoms with Crippen LogP contribution in [0.15, 0.2) is 18.3 Å². The molecule has 0 radical (unpaired) electrons. The van der Waals surface area contributed by atoms with Gasteiger partial charge in [-0.1, -0.05) is 0 Å². The summed E-state index contributed by atoms with van der Waals surface area (Å²) in [7, 11) is 0. The molecule has 3 heterocycles. The number of morpholine rings is 1. The third-order valence-electron chi connectivity index (χ3n) is 3.87.